The molecule has 0 saturated carbocycles. The van der Waals surface area contributed by atoms with Crippen molar-refractivity contribution in [2.45, 2.75) is 12.6 Å². The molecule has 1 unspecified atom stereocenters. The Labute approximate surface area is 171 Å². The first kappa shape index (κ1) is 18.5. The van der Waals surface area contributed by atoms with Gasteiger partial charge in [0, 0.05) is 12.7 Å². The van der Waals surface area contributed by atoms with Gasteiger partial charge in [-0.3, -0.25) is 0 Å². The highest BCUT2D eigenvalue weighted by atomic mass is 19.1. The van der Waals surface area contributed by atoms with Crippen LogP contribution in [0.5, 0.6) is 0 Å². The molecule has 150 valence electrons. The summed E-state index contributed by atoms with van der Waals surface area (Å²) in [7, 11) is 0. The minimum Gasteiger partial charge on any atom is -0.475 e. The van der Waals surface area contributed by atoms with Crippen molar-refractivity contribution in [3.63, 3.8) is 0 Å². The van der Waals surface area contributed by atoms with Gasteiger partial charge in [0.25, 0.3) is 0 Å². The van der Waals surface area contributed by atoms with Crippen LogP contribution in [0.1, 0.15) is 22.7 Å². The van der Waals surface area contributed by atoms with Gasteiger partial charge in [-0.25, -0.2) is 18.2 Å². The Morgan fingerprint density at radius 2 is 1.70 bits per heavy atom. The summed E-state index contributed by atoms with van der Waals surface area (Å²) in [5, 5.41) is 0.985. The molecule has 0 amide bonds. The van der Waals surface area contributed by atoms with E-state index < -0.39 is 11.6 Å². The Morgan fingerprint density at radius 3 is 2.47 bits per heavy atom. The molecule has 1 aliphatic heterocycles. The van der Waals surface area contributed by atoms with Crippen molar-refractivity contribution in [1.29, 1.82) is 0 Å². The average molecular weight is 406 g/mol. The molecule has 0 bridgehead atoms. The quantitative estimate of drug-likeness (QED) is 0.432. The number of aliphatic imine (C=N–C) groups is 1. The molecule has 4 aromatic rings. The average Bonchev–Trinajstić information content (AvgIpc) is 3.36. The van der Waals surface area contributed by atoms with Crippen molar-refractivity contribution in [3.05, 3.63) is 107 Å². The molecule has 2 heterocycles. The van der Waals surface area contributed by atoms with E-state index >= 15 is 0 Å². The Hall–Kier alpha value is -3.54. The van der Waals surface area contributed by atoms with Gasteiger partial charge in [0.1, 0.15) is 35.7 Å². The maximum Gasteiger partial charge on any atom is 0.222 e. The Morgan fingerprint density at radius 1 is 0.933 bits per heavy atom. The molecule has 5 rings (SSSR count). The zero-order valence-electron chi connectivity index (χ0n) is 15.9. The Balaban J connectivity index is 1.36. The number of fused-ring (bicyclic) bond motifs is 1. The van der Waals surface area contributed by atoms with Crippen LogP contribution in [0, 0.1) is 17.5 Å². The Bertz CT molecular complexity index is 1240. The maximum atomic E-state index is 14.0. The lowest BCUT2D eigenvalue weighted by Crippen LogP contribution is -2.07. The molecule has 0 aliphatic carbocycles. The smallest absolute Gasteiger partial charge is 0.222 e. The van der Waals surface area contributed by atoms with E-state index in [-0.39, 0.29) is 29.9 Å². The molecule has 1 aliphatic rings. The number of hydrogen-bond acceptors (Lipinski definition) is 2. The van der Waals surface area contributed by atoms with Crippen LogP contribution in [-0.2, 0) is 11.3 Å². The molecule has 3 aromatic carbocycles. The first-order valence-corrected chi connectivity index (χ1v) is 9.57. The minimum atomic E-state index is -0.694. The topological polar surface area (TPSA) is 26.5 Å². The van der Waals surface area contributed by atoms with Gasteiger partial charge in [-0.2, -0.15) is 0 Å². The van der Waals surface area contributed by atoms with Crippen molar-refractivity contribution in [2.24, 2.45) is 4.99 Å². The summed E-state index contributed by atoms with van der Waals surface area (Å²) in [6.45, 7) is 0.827. The van der Waals surface area contributed by atoms with Crippen LogP contribution in [0.25, 0.3) is 10.9 Å². The normalized spacial score (nSPS) is 16.0. The zero-order chi connectivity index (χ0) is 20.7. The molecule has 0 radical (unpaired) electrons. The highest BCUT2D eigenvalue weighted by Gasteiger charge is 2.26. The number of hydrogen-bond donors (Lipinski definition) is 0. The molecule has 0 saturated heterocycles. The molecule has 3 nitrogen and oxygen atoms in total. The highest BCUT2D eigenvalue weighted by Crippen LogP contribution is 2.27. The minimum absolute atomic E-state index is 0.0134. The molecular formula is C24H17F3N2O. The second-order valence-electron chi connectivity index (χ2n) is 7.25. The maximum absolute atomic E-state index is 14.0. The van der Waals surface area contributed by atoms with E-state index in [1.54, 1.807) is 6.07 Å². The molecule has 30 heavy (non-hydrogen) atoms. The molecule has 1 aromatic heterocycles. The lowest BCUT2D eigenvalue weighted by molar-refractivity contribution is 0.317. The van der Waals surface area contributed by atoms with E-state index in [0.29, 0.717) is 6.54 Å². The fourth-order valence-corrected chi connectivity index (χ4v) is 3.72. The summed E-state index contributed by atoms with van der Waals surface area (Å²) >= 11 is 0. The van der Waals surface area contributed by atoms with Gasteiger partial charge in [-0.15, -0.1) is 0 Å². The van der Waals surface area contributed by atoms with Crippen LogP contribution in [0.2, 0.25) is 0 Å². The van der Waals surface area contributed by atoms with Crippen LogP contribution in [-0.4, -0.2) is 17.1 Å². The predicted octanol–water partition coefficient (Wildman–Crippen LogP) is 5.63. The van der Waals surface area contributed by atoms with Gasteiger partial charge in [0.05, 0.1) is 5.52 Å². The Kier molecular flexibility index (Phi) is 4.54. The molecule has 0 N–H and O–H groups in total. The second kappa shape index (κ2) is 7.37. The lowest BCUT2D eigenvalue weighted by Gasteiger charge is -2.09. The number of nitrogens with zero attached hydrogens (tertiary/aromatic N) is 2. The zero-order valence-corrected chi connectivity index (χ0v) is 15.9. The van der Waals surface area contributed by atoms with Crippen molar-refractivity contribution < 1.29 is 17.9 Å². The van der Waals surface area contributed by atoms with Crippen molar-refractivity contribution >= 4 is 16.8 Å². The van der Waals surface area contributed by atoms with Gasteiger partial charge in [0.15, 0.2) is 0 Å². The van der Waals surface area contributed by atoms with Gasteiger partial charge in [-0.1, -0.05) is 30.3 Å². The van der Waals surface area contributed by atoms with E-state index in [2.05, 4.69) is 4.99 Å². The number of halogens is 3. The van der Waals surface area contributed by atoms with Crippen LogP contribution in [0.4, 0.5) is 13.2 Å². The van der Waals surface area contributed by atoms with Crippen molar-refractivity contribution in [2.75, 3.05) is 6.61 Å². The largest absolute Gasteiger partial charge is 0.475 e. The van der Waals surface area contributed by atoms with Gasteiger partial charge < -0.3 is 9.30 Å². The standard InChI is InChI=1S/C24H17F3N2O/c25-18-9-8-17-10-11-29(22(17)12-18)13-15-4-6-16(7-5-15)21-14-30-24(28-21)23-19(26)2-1-3-20(23)27/h1-12,21H,13-14H2. The molecular weight excluding hydrogens is 389 g/mol. The monoisotopic (exact) mass is 406 g/mol. The third-order valence-corrected chi connectivity index (χ3v) is 5.28. The fourth-order valence-electron chi connectivity index (χ4n) is 3.72. The molecule has 0 spiro atoms. The van der Waals surface area contributed by atoms with E-state index in [4.69, 9.17) is 4.74 Å². The van der Waals surface area contributed by atoms with Gasteiger partial charge >= 0.3 is 0 Å². The van der Waals surface area contributed by atoms with Crippen LogP contribution in [0.15, 0.2) is 77.9 Å². The van der Waals surface area contributed by atoms with Gasteiger partial charge in [0.2, 0.25) is 5.90 Å². The number of rotatable bonds is 4. The number of ether oxygens (including phenoxy) is 1. The third kappa shape index (κ3) is 3.34. The third-order valence-electron chi connectivity index (χ3n) is 5.28. The first-order chi connectivity index (χ1) is 14.6. The van der Waals surface area contributed by atoms with Gasteiger partial charge in [-0.05, 0) is 52.9 Å². The summed E-state index contributed by atoms with van der Waals surface area (Å²) in [6, 6.07) is 17.8. The molecule has 6 heteroatoms. The van der Waals surface area contributed by atoms with E-state index in [1.165, 1.54) is 30.3 Å². The summed E-state index contributed by atoms with van der Waals surface area (Å²) in [6.07, 6.45) is 1.93. The van der Waals surface area contributed by atoms with Crippen molar-refractivity contribution in [1.82, 2.24) is 4.57 Å². The van der Waals surface area contributed by atoms with E-state index in [0.717, 1.165) is 22.0 Å². The summed E-state index contributed by atoms with van der Waals surface area (Å²) in [5.41, 5.74) is 2.55. The SMILES string of the molecule is Fc1ccc2ccn(Cc3ccc(C4COC(c5c(F)cccc5F)=N4)cc3)c2c1. The second-order valence-corrected chi connectivity index (χ2v) is 7.25. The summed E-state index contributed by atoms with van der Waals surface area (Å²) < 4.78 is 49.0. The highest BCUT2D eigenvalue weighted by molar-refractivity contribution is 5.95. The van der Waals surface area contributed by atoms with Crippen LogP contribution >= 0.6 is 0 Å². The van der Waals surface area contributed by atoms with E-state index in [1.807, 2.05) is 41.1 Å². The fraction of sp³-hybridized carbons (Fsp3) is 0.125. The predicted molar refractivity (Wildman–Crippen MR) is 109 cm³/mol. The van der Waals surface area contributed by atoms with Crippen LogP contribution in [0.3, 0.4) is 0 Å². The summed E-state index contributed by atoms with van der Waals surface area (Å²) in [5.74, 6) is -1.67. The first-order valence-electron chi connectivity index (χ1n) is 9.57. The number of aromatic nitrogens is 1. The molecule has 1 atom stereocenters. The lowest BCUT2D eigenvalue weighted by atomic mass is 10.1. The molecule has 0 fully saturated rings. The van der Waals surface area contributed by atoms with Crippen molar-refractivity contribution in [3.8, 4) is 0 Å². The van der Waals surface area contributed by atoms with Crippen LogP contribution < -0.4 is 0 Å². The number of benzene rings is 3. The van der Waals surface area contributed by atoms with E-state index in [9.17, 15) is 13.2 Å². The summed E-state index contributed by atoms with van der Waals surface area (Å²) in [4.78, 5) is 4.37.